The van der Waals surface area contributed by atoms with Crippen LogP contribution in [-0.4, -0.2) is 16.4 Å². The number of ether oxygens (including phenoxy) is 1. The lowest BCUT2D eigenvalue weighted by Gasteiger charge is -2.31. The Balaban J connectivity index is 2.36. The van der Waals surface area contributed by atoms with Crippen LogP contribution in [0.4, 0.5) is 0 Å². The highest BCUT2D eigenvalue weighted by Crippen LogP contribution is 2.41. The smallest absolute Gasteiger partial charge is 0.0985 e. The maximum atomic E-state index is 5.95. The molecule has 0 bridgehead atoms. The number of aromatic nitrogens is 2. The SMILES string of the molecule is CC(C)C1(c2cnn(C)c2)CCCO1. The second-order valence-corrected chi connectivity index (χ2v) is 4.40. The summed E-state index contributed by atoms with van der Waals surface area (Å²) in [6, 6.07) is 0. The van der Waals surface area contributed by atoms with Gasteiger partial charge in [0, 0.05) is 25.4 Å². The van der Waals surface area contributed by atoms with Crippen LogP contribution in [0.1, 0.15) is 32.3 Å². The Morgan fingerprint density at radius 1 is 1.57 bits per heavy atom. The maximum absolute atomic E-state index is 5.95. The van der Waals surface area contributed by atoms with Gasteiger partial charge in [0.1, 0.15) is 0 Å². The van der Waals surface area contributed by atoms with Crippen molar-refractivity contribution >= 4 is 0 Å². The monoisotopic (exact) mass is 194 g/mol. The first-order chi connectivity index (χ1) is 6.65. The lowest BCUT2D eigenvalue weighted by molar-refractivity contribution is -0.0382. The second kappa shape index (κ2) is 3.39. The van der Waals surface area contributed by atoms with Crippen LogP contribution in [0.3, 0.4) is 0 Å². The van der Waals surface area contributed by atoms with Crippen molar-refractivity contribution in [2.75, 3.05) is 6.61 Å². The van der Waals surface area contributed by atoms with Crippen LogP contribution in [0.15, 0.2) is 12.4 Å². The topological polar surface area (TPSA) is 27.1 Å². The number of hydrogen-bond acceptors (Lipinski definition) is 2. The van der Waals surface area contributed by atoms with Gasteiger partial charge < -0.3 is 4.74 Å². The van der Waals surface area contributed by atoms with Gasteiger partial charge in [-0.1, -0.05) is 13.8 Å². The highest BCUT2D eigenvalue weighted by molar-refractivity contribution is 5.18. The molecule has 0 spiro atoms. The predicted octanol–water partition coefficient (Wildman–Crippen LogP) is 2.08. The van der Waals surface area contributed by atoms with E-state index in [1.54, 1.807) is 0 Å². The Morgan fingerprint density at radius 3 is 2.79 bits per heavy atom. The molecule has 78 valence electrons. The lowest BCUT2D eigenvalue weighted by Crippen LogP contribution is -2.30. The van der Waals surface area contributed by atoms with Gasteiger partial charge >= 0.3 is 0 Å². The summed E-state index contributed by atoms with van der Waals surface area (Å²) in [7, 11) is 1.95. The molecule has 1 aromatic heterocycles. The van der Waals surface area contributed by atoms with Gasteiger partial charge in [0.15, 0.2) is 0 Å². The molecule has 3 heteroatoms. The average molecular weight is 194 g/mol. The van der Waals surface area contributed by atoms with Gasteiger partial charge in [-0.05, 0) is 18.8 Å². The minimum atomic E-state index is -0.0751. The molecule has 1 aliphatic rings. The van der Waals surface area contributed by atoms with Crippen LogP contribution >= 0.6 is 0 Å². The van der Waals surface area contributed by atoms with Crippen LogP contribution in [-0.2, 0) is 17.4 Å². The zero-order valence-corrected chi connectivity index (χ0v) is 9.16. The summed E-state index contributed by atoms with van der Waals surface area (Å²) >= 11 is 0. The second-order valence-electron chi connectivity index (χ2n) is 4.40. The summed E-state index contributed by atoms with van der Waals surface area (Å²) < 4.78 is 7.80. The Hall–Kier alpha value is -0.830. The van der Waals surface area contributed by atoms with Crippen molar-refractivity contribution in [2.24, 2.45) is 13.0 Å². The standard InChI is InChI=1S/C11H18N2O/c1-9(2)11(5-4-6-14-11)10-7-12-13(3)8-10/h7-9H,4-6H2,1-3H3. The number of hydrogen-bond donors (Lipinski definition) is 0. The van der Waals surface area contributed by atoms with Crippen LogP contribution in [0, 0.1) is 5.92 Å². The van der Waals surface area contributed by atoms with E-state index in [2.05, 4.69) is 25.1 Å². The van der Waals surface area contributed by atoms with Crippen molar-refractivity contribution < 1.29 is 4.74 Å². The summed E-state index contributed by atoms with van der Waals surface area (Å²) in [5, 5.41) is 4.23. The fraction of sp³-hybridized carbons (Fsp3) is 0.727. The summed E-state index contributed by atoms with van der Waals surface area (Å²) in [5.41, 5.74) is 1.15. The van der Waals surface area contributed by atoms with E-state index >= 15 is 0 Å². The molecule has 0 radical (unpaired) electrons. The third-order valence-corrected chi connectivity index (χ3v) is 3.18. The van der Waals surface area contributed by atoms with Gasteiger partial charge in [-0.3, -0.25) is 4.68 Å². The first-order valence-corrected chi connectivity index (χ1v) is 5.28. The first kappa shape index (κ1) is 9.71. The van der Waals surface area contributed by atoms with Gasteiger partial charge in [0.25, 0.3) is 0 Å². The van der Waals surface area contributed by atoms with Gasteiger partial charge in [0.2, 0.25) is 0 Å². The molecule has 0 N–H and O–H groups in total. The van der Waals surface area contributed by atoms with Crippen LogP contribution in [0.2, 0.25) is 0 Å². The lowest BCUT2D eigenvalue weighted by atomic mass is 9.83. The Morgan fingerprint density at radius 2 is 2.36 bits per heavy atom. The molecule has 2 rings (SSSR count). The molecule has 0 saturated carbocycles. The molecule has 2 heterocycles. The molecule has 0 aliphatic carbocycles. The fourth-order valence-electron chi connectivity index (χ4n) is 2.32. The van der Waals surface area contributed by atoms with Gasteiger partial charge in [0.05, 0.1) is 11.8 Å². The molecule has 1 fully saturated rings. The molecule has 3 nitrogen and oxygen atoms in total. The quantitative estimate of drug-likeness (QED) is 0.720. The molecule has 1 unspecified atom stereocenters. The number of aryl methyl sites for hydroxylation is 1. The van der Waals surface area contributed by atoms with Crippen LogP contribution in [0.25, 0.3) is 0 Å². The van der Waals surface area contributed by atoms with Gasteiger partial charge in [-0.15, -0.1) is 0 Å². The molecule has 1 aromatic rings. The van der Waals surface area contributed by atoms with Gasteiger partial charge in [-0.25, -0.2) is 0 Å². The molecular formula is C11H18N2O. The highest BCUT2D eigenvalue weighted by Gasteiger charge is 2.40. The average Bonchev–Trinajstić information content (AvgIpc) is 2.71. The minimum absolute atomic E-state index is 0.0751. The van der Waals surface area contributed by atoms with E-state index in [0.29, 0.717) is 5.92 Å². The molecule has 0 amide bonds. The van der Waals surface area contributed by atoms with E-state index in [9.17, 15) is 0 Å². The van der Waals surface area contributed by atoms with E-state index < -0.39 is 0 Å². The molecule has 14 heavy (non-hydrogen) atoms. The maximum Gasteiger partial charge on any atom is 0.0985 e. The number of rotatable bonds is 2. The minimum Gasteiger partial charge on any atom is -0.370 e. The summed E-state index contributed by atoms with van der Waals surface area (Å²) in [6.45, 7) is 5.32. The Labute approximate surface area is 85.1 Å². The van der Waals surface area contributed by atoms with E-state index in [4.69, 9.17) is 4.74 Å². The molecule has 1 atom stereocenters. The zero-order valence-electron chi connectivity index (χ0n) is 9.16. The summed E-state index contributed by atoms with van der Waals surface area (Å²) in [5.74, 6) is 0.509. The molecule has 1 aliphatic heterocycles. The Bertz CT molecular complexity index is 311. The van der Waals surface area contributed by atoms with E-state index in [0.717, 1.165) is 19.4 Å². The van der Waals surface area contributed by atoms with Crippen molar-refractivity contribution in [1.29, 1.82) is 0 Å². The van der Waals surface area contributed by atoms with Crippen LogP contribution in [0.5, 0.6) is 0 Å². The highest BCUT2D eigenvalue weighted by atomic mass is 16.5. The normalized spacial score (nSPS) is 27.4. The van der Waals surface area contributed by atoms with Gasteiger partial charge in [-0.2, -0.15) is 5.10 Å². The summed E-state index contributed by atoms with van der Waals surface area (Å²) in [4.78, 5) is 0. The third kappa shape index (κ3) is 1.36. The largest absolute Gasteiger partial charge is 0.370 e. The van der Waals surface area contributed by atoms with Crippen molar-refractivity contribution in [3.8, 4) is 0 Å². The summed E-state index contributed by atoms with van der Waals surface area (Å²) in [6.07, 6.45) is 6.29. The molecular weight excluding hydrogens is 176 g/mol. The van der Waals surface area contributed by atoms with Crippen molar-refractivity contribution in [3.05, 3.63) is 18.0 Å². The van der Waals surface area contributed by atoms with E-state index in [1.807, 2.05) is 17.9 Å². The fourth-order valence-corrected chi connectivity index (χ4v) is 2.32. The molecule has 1 saturated heterocycles. The van der Waals surface area contributed by atoms with Crippen molar-refractivity contribution in [1.82, 2.24) is 9.78 Å². The van der Waals surface area contributed by atoms with E-state index in [1.165, 1.54) is 5.56 Å². The van der Waals surface area contributed by atoms with E-state index in [-0.39, 0.29) is 5.60 Å². The zero-order chi connectivity index (χ0) is 10.2. The first-order valence-electron chi connectivity index (χ1n) is 5.28. The Kier molecular flexibility index (Phi) is 2.35. The van der Waals surface area contributed by atoms with Crippen molar-refractivity contribution in [2.45, 2.75) is 32.3 Å². The predicted molar refractivity (Wildman–Crippen MR) is 54.9 cm³/mol. The molecule has 0 aromatic carbocycles. The van der Waals surface area contributed by atoms with Crippen molar-refractivity contribution in [3.63, 3.8) is 0 Å². The number of nitrogens with zero attached hydrogens (tertiary/aromatic N) is 2. The van der Waals surface area contributed by atoms with Crippen LogP contribution < -0.4 is 0 Å². The third-order valence-electron chi connectivity index (χ3n) is 3.18.